The molecule has 0 heterocycles. The van der Waals surface area contributed by atoms with Gasteiger partial charge in [-0.3, -0.25) is 4.55 Å². The molecule has 0 atom stereocenters. The van der Waals surface area contributed by atoms with Crippen molar-refractivity contribution in [2.45, 2.75) is 18.2 Å². The summed E-state index contributed by atoms with van der Waals surface area (Å²) < 4.78 is 30.5. The Hall–Kier alpha value is -1.43. The van der Waals surface area contributed by atoms with Gasteiger partial charge in [0.05, 0.1) is 4.90 Å². The molecule has 0 saturated heterocycles. The highest BCUT2D eigenvalue weighted by molar-refractivity contribution is 7.85. The van der Waals surface area contributed by atoms with Crippen molar-refractivity contribution in [1.29, 1.82) is 0 Å². The SMILES string of the molecule is CCCN.O=S(=O)(O)c1ccc2ccccc2c1. The van der Waals surface area contributed by atoms with Crippen LogP contribution in [0.15, 0.2) is 47.4 Å². The maximum Gasteiger partial charge on any atom is 0.294 e. The van der Waals surface area contributed by atoms with Crippen LogP contribution in [-0.2, 0) is 10.1 Å². The normalized spacial score (nSPS) is 10.8. The molecular formula is C13H17NO3S. The summed E-state index contributed by atoms with van der Waals surface area (Å²) in [5, 5.41) is 1.74. The second kappa shape index (κ2) is 6.49. The number of nitrogens with two attached hydrogens (primary N) is 1. The fourth-order valence-corrected chi connectivity index (χ4v) is 1.84. The van der Waals surface area contributed by atoms with Gasteiger partial charge in [0.1, 0.15) is 0 Å². The Morgan fingerprint density at radius 3 is 2.17 bits per heavy atom. The Labute approximate surface area is 107 Å². The van der Waals surface area contributed by atoms with Crippen LogP contribution in [0, 0.1) is 0 Å². The monoisotopic (exact) mass is 267 g/mol. The third-order valence-electron chi connectivity index (χ3n) is 2.31. The van der Waals surface area contributed by atoms with E-state index in [9.17, 15) is 8.42 Å². The number of hydrogen-bond donors (Lipinski definition) is 2. The van der Waals surface area contributed by atoms with Crippen molar-refractivity contribution in [3.05, 3.63) is 42.5 Å². The molecule has 5 heteroatoms. The minimum absolute atomic E-state index is 0.0730. The Kier molecular flexibility index (Phi) is 5.27. The van der Waals surface area contributed by atoms with Gasteiger partial charge in [-0.05, 0) is 35.9 Å². The molecule has 0 spiro atoms. The van der Waals surface area contributed by atoms with Crippen molar-refractivity contribution >= 4 is 20.9 Å². The second-order valence-electron chi connectivity index (χ2n) is 3.77. The molecule has 0 aromatic heterocycles. The molecule has 0 unspecified atom stereocenters. The highest BCUT2D eigenvalue weighted by atomic mass is 32.2. The van der Waals surface area contributed by atoms with Gasteiger partial charge in [0.25, 0.3) is 10.1 Å². The van der Waals surface area contributed by atoms with Gasteiger partial charge in [-0.1, -0.05) is 37.3 Å². The highest BCUT2D eigenvalue weighted by Crippen LogP contribution is 2.18. The van der Waals surface area contributed by atoms with Crippen molar-refractivity contribution in [2.75, 3.05) is 6.54 Å². The van der Waals surface area contributed by atoms with Gasteiger partial charge >= 0.3 is 0 Å². The fourth-order valence-electron chi connectivity index (χ4n) is 1.33. The predicted molar refractivity (Wildman–Crippen MR) is 73.1 cm³/mol. The van der Waals surface area contributed by atoms with E-state index in [1.54, 1.807) is 12.1 Å². The van der Waals surface area contributed by atoms with Gasteiger partial charge in [0.15, 0.2) is 0 Å². The van der Waals surface area contributed by atoms with Crippen molar-refractivity contribution in [1.82, 2.24) is 0 Å². The summed E-state index contributed by atoms with van der Waals surface area (Å²) in [4.78, 5) is -0.0730. The van der Waals surface area contributed by atoms with Crippen LogP contribution in [0.2, 0.25) is 0 Å². The summed E-state index contributed by atoms with van der Waals surface area (Å²) in [7, 11) is -4.09. The number of hydrogen-bond acceptors (Lipinski definition) is 3. The van der Waals surface area contributed by atoms with E-state index < -0.39 is 10.1 Å². The Balaban J connectivity index is 0.000000357. The fraction of sp³-hybridized carbons (Fsp3) is 0.231. The van der Waals surface area contributed by atoms with Crippen LogP contribution in [-0.4, -0.2) is 19.5 Å². The predicted octanol–water partition coefficient (Wildman–Crippen LogP) is 2.44. The van der Waals surface area contributed by atoms with Gasteiger partial charge in [0.2, 0.25) is 0 Å². The van der Waals surface area contributed by atoms with Gasteiger partial charge < -0.3 is 5.73 Å². The summed E-state index contributed by atoms with van der Waals surface area (Å²) in [6, 6.07) is 11.9. The van der Waals surface area contributed by atoms with Crippen LogP contribution in [0.25, 0.3) is 10.8 Å². The number of rotatable bonds is 2. The van der Waals surface area contributed by atoms with E-state index in [1.165, 1.54) is 12.1 Å². The lowest BCUT2D eigenvalue weighted by atomic mass is 10.1. The summed E-state index contributed by atoms with van der Waals surface area (Å²) in [6.45, 7) is 2.88. The largest absolute Gasteiger partial charge is 0.330 e. The minimum Gasteiger partial charge on any atom is -0.330 e. The molecule has 0 saturated carbocycles. The first kappa shape index (κ1) is 14.6. The number of fused-ring (bicyclic) bond motifs is 1. The molecule has 3 N–H and O–H groups in total. The third kappa shape index (κ3) is 4.10. The highest BCUT2D eigenvalue weighted by Gasteiger charge is 2.08. The molecule has 0 amide bonds. The van der Waals surface area contributed by atoms with Gasteiger partial charge in [-0.2, -0.15) is 8.42 Å². The molecule has 2 rings (SSSR count). The van der Waals surface area contributed by atoms with Crippen molar-refractivity contribution < 1.29 is 13.0 Å². The minimum atomic E-state index is -4.09. The zero-order chi connectivity index (χ0) is 13.6. The lowest BCUT2D eigenvalue weighted by Gasteiger charge is -1.99. The average molecular weight is 267 g/mol. The van der Waals surface area contributed by atoms with Crippen LogP contribution in [0.1, 0.15) is 13.3 Å². The van der Waals surface area contributed by atoms with E-state index >= 15 is 0 Å². The van der Waals surface area contributed by atoms with Crippen molar-refractivity contribution in [2.24, 2.45) is 5.73 Å². The van der Waals surface area contributed by atoms with Gasteiger partial charge in [0, 0.05) is 0 Å². The Bertz CT molecular complexity index is 606. The van der Waals surface area contributed by atoms with Crippen molar-refractivity contribution in [3.63, 3.8) is 0 Å². The van der Waals surface area contributed by atoms with Crippen LogP contribution < -0.4 is 5.73 Å². The first-order valence-electron chi connectivity index (χ1n) is 5.65. The molecule has 0 aliphatic heterocycles. The summed E-state index contributed by atoms with van der Waals surface area (Å²) in [6.07, 6.45) is 1.10. The average Bonchev–Trinajstić information content (AvgIpc) is 2.37. The molecule has 2 aromatic rings. The van der Waals surface area contributed by atoms with E-state index in [2.05, 4.69) is 6.92 Å². The standard InChI is InChI=1S/C10H8O3S.C3H9N/c11-14(12,13)10-6-5-8-3-1-2-4-9(8)7-10;1-2-3-4/h1-7H,(H,11,12,13);2-4H2,1H3. The smallest absolute Gasteiger partial charge is 0.294 e. The van der Waals surface area contributed by atoms with E-state index in [0.717, 1.165) is 23.7 Å². The topological polar surface area (TPSA) is 80.4 Å². The first-order valence-corrected chi connectivity index (χ1v) is 7.09. The zero-order valence-electron chi connectivity index (χ0n) is 10.2. The zero-order valence-corrected chi connectivity index (χ0v) is 11.0. The molecular weight excluding hydrogens is 250 g/mol. The first-order chi connectivity index (χ1) is 8.49. The lowest BCUT2D eigenvalue weighted by molar-refractivity contribution is 0.483. The molecule has 2 aromatic carbocycles. The van der Waals surface area contributed by atoms with Crippen LogP contribution >= 0.6 is 0 Å². The third-order valence-corrected chi connectivity index (χ3v) is 3.16. The molecule has 18 heavy (non-hydrogen) atoms. The molecule has 98 valence electrons. The molecule has 0 aliphatic carbocycles. The Morgan fingerprint density at radius 1 is 1.11 bits per heavy atom. The Morgan fingerprint density at radius 2 is 1.67 bits per heavy atom. The lowest BCUT2D eigenvalue weighted by Crippen LogP contribution is -1.97. The maximum atomic E-state index is 10.8. The summed E-state index contributed by atoms with van der Waals surface area (Å²) in [5.74, 6) is 0. The van der Waals surface area contributed by atoms with Crippen LogP contribution in [0.3, 0.4) is 0 Å². The van der Waals surface area contributed by atoms with Gasteiger partial charge in [-0.25, -0.2) is 0 Å². The summed E-state index contributed by atoms with van der Waals surface area (Å²) >= 11 is 0. The molecule has 0 bridgehead atoms. The second-order valence-corrected chi connectivity index (χ2v) is 5.19. The molecule has 0 radical (unpaired) electrons. The quantitative estimate of drug-likeness (QED) is 0.819. The van der Waals surface area contributed by atoms with E-state index in [0.29, 0.717) is 0 Å². The molecule has 4 nitrogen and oxygen atoms in total. The van der Waals surface area contributed by atoms with Crippen LogP contribution in [0.5, 0.6) is 0 Å². The van der Waals surface area contributed by atoms with Gasteiger partial charge in [-0.15, -0.1) is 0 Å². The molecule has 0 aliphatic rings. The van der Waals surface area contributed by atoms with Crippen LogP contribution in [0.4, 0.5) is 0 Å². The van der Waals surface area contributed by atoms with E-state index in [-0.39, 0.29) is 4.90 Å². The van der Waals surface area contributed by atoms with Crippen molar-refractivity contribution in [3.8, 4) is 0 Å². The van der Waals surface area contributed by atoms with E-state index in [4.69, 9.17) is 10.3 Å². The molecule has 0 fully saturated rings. The maximum absolute atomic E-state index is 10.8. The van der Waals surface area contributed by atoms with E-state index in [1.807, 2.05) is 18.2 Å². The summed E-state index contributed by atoms with van der Waals surface area (Å²) in [5.41, 5.74) is 5.03. The number of benzene rings is 2.